The minimum Gasteiger partial charge on any atom is -0.379 e. The van der Waals surface area contributed by atoms with Crippen LogP contribution in [0.1, 0.15) is 5.56 Å². The second-order valence-electron chi connectivity index (χ2n) is 5.76. The summed E-state index contributed by atoms with van der Waals surface area (Å²) in [5.41, 5.74) is 7.19. The Morgan fingerprint density at radius 1 is 1.24 bits per heavy atom. The number of rotatable bonds is 3. The Labute approximate surface area is 124 Å². The third kappa shape index (κ3) is 3.40. The van der Waals surface area contributed by atoms with Crippen molar-refractivity contribution in [2.24, 2.45) is 11.7 Å². The molecule has 0 radical (unpaired) electrons. The highest BCUT2D eigenvalue weighted by atomic mass is 16.5. The second kappa shape index (κ2) is 6.51. The largest absolute Gasteiger partial charge is 0.379 e. The van der Waals surface area contributed by atoms with E-state index in [9.17, 15) is 4.79 Å². The van der Waals surface area contributed by atoms with Crippen LogP contribution >= 0.6 is 0 Å². The Balaban J connectivity index is 1.50. The van der Waals surface area contributed by atoms with Gasteiger partial charge in [-0.05, 0) is 17.7 Å². The van der Waals surface area contributed by atoms with Gasteiger partial charge >= 0.3 is 0 Å². The predicted octanol–water partition coefficient (Wildman–Crippen LogP) is -0.300. The van der Waals surface area contributed by atoms with E-state index in [-0.39, 0.29) is 17.9 Å². The van der Waals surface area contributed by atoms with Crippen molar-refractivity contribution >= 4 is 5.91 Å². The molecule has 114 valence electrons. The average molecular weight is 290 g/mol. The van der Waals surface area contributed by atoms with Crippen LogP contribution in [0.2, 0.25) is 0 Å². The molecular weight excluding hydrogens is 268 g/mol. The Hall–Kier alpha value is -1.50. The van der Waals surface area contributed by atoms with Crippen molar-refractivity contribution in [3.63, 3.8) is 0 Å². The minimum atomic E-state index is -0.156. The van der Waals surface area contributed by atoms with Gasteiger partial charge in [0.1, 0.15) is 0 Å². The van der Waals surface area contributed by atoms with E-state index in [0.29, 0.717) is 13.2 Å². The Morgan fingerprint density at radius 2 is 1.95 bits per heavy atom. The number of aromatic nitrogens is 1. The highest BCUT2D eigenvalue weighted by molar-refractivity contribution is 5.80. The fraction of sp³-hybridized carbons (Fsp3) is 0.600. The van der Waals surface area contributed by atoms with Gasteiger partial charge in [-0.3, -0.25) is 14.7 Å². The number of carbonyl (C=O) groups excluding carboxylic acids is 1. The summed E-state index contributed by atoms with van der Waals surface area (Å²) in [6, 6.07) is 3.92. The first kappa shape index (κ1) is 14.4. The highest BCUT2D eigenvalue weighted by Gasteiger charge is 2.35. The Kier molecular flexibility index (Phi) is 4.48. The number of nitrogens with two attached hydrogens (primary N) is 1. The molecule has 2 unspecified atom stereocenters. The molecule has 1 aromatic rings. The van der Waals surface area contributed by atoms with Crippen LogP contribution in [0, 0.1) is 5.92 Å². The summed E-state index contributed by atoms with van der Waals surface area (Å²) in [5.74, 6) is 0.000286. The van der Waals surface area contributed by atoms with Gasteiger partial charge in [-0.25, -0.2) is 0 Å². The smallest absolute Gasteiger partial charge is 0.229 e. The molecule has 0 spiro atoms. The molecule has 0 aromatic carbocycles. The second-order valence-corrected chi connectivity index (χ2v) is 5.76. The third-order valence-electron chi connectivity index (χ3n) is 4.28. The molecule has 3 rings (SSSR count). The lowest BCUT2D eigenvalue weighted by Gasteiger charge is -2.36. The van der Waals surface area contributed by atoms with E-state index in [1.54, 1.807) is 0 Å². The van der Waals surface area contributed by atoms with E-state index >= 15 is 0 Å². The zero-order chi connectivity index (χ0) is 14.7. The van der Waals surface area contributed by atoms with Gasteiger partial charge in [-0.15, -0.1) is 0 Å². The van der Waals surface area contributed by atoms with Crippen molar-refractivity contribution in [3.05, 3.63) is 30.1 Å². The lowest BCUT2D eigenvalue weighted by Crippen LogP contribution is -2.52. The van der Waals surface area contributed by atoms with Gasteiger partial charge in [0, 0.05) is 51.2 Å². The summed E-state index contributed by atoms with van der Waals surface area (Å²) in [6.07, 6.45) is 3.63. The van der Waals surface area contributed by atoms with Crippen LogP contribution in [0.5, 0.6) is 0 Å². The van der Waals surface area contributed by atoms with Crippen molar-refractivity contribution in [1.82, 2.24) is 14.8 Å². The molecule has 2 atom stereocenters. The molecule has 21 heavy (non-hydrogen) atoms. The fourth-order valence-corrected chi connectivity index (χ4v) is 2.93. The average Bonchev–Trinajstić information content (AvgIpc) is 2.94. The van der Waals surface area contributed by atoms with Gasteiger partial charge in [-0.2, -0.15) is 0 Å². The first-order valence-corrected chi connectivity index (χ1v) is 7.47. The zero-order valence-electron chi connectivity index (χ0n) is 12.1. The standard InChI is InChI=1S/C15H22N4O2/c16-14-11-21-10-13(14)15(20)19-7-5-18(6-8-19)9-12-1-3-17-4-2-12/h1-4,13-14H,5-11,16H2. The first-order chi connectivity index (χ1) is 10.2. The zero-order valence-corrected chi connectivity index (χ0v) is 12.1. The molecule has 2 aliphatic rings. The van der Waals surface area contributed by atoms with Crippen LogP contribution in [0.4, 0.5) is 0 Å². The van der Waals surface area contributed by atoms with Crippen LogP contribution in [0.25, 0.3) is 0 Å². The molecule has 0 saturated carbocycles. The lowest BCUT2D eigenvalue weighted by molar-refractivity contribution is -0.137. The molecule has 1 amide bonds. The first-order valence-electron chi connectivity index (χ1n) is 7.47. The summed E-state index contributed by atoms with van der Waals surface area (Å²) in [5, 5.41) is 0. The SMILES string of the molecule is NC1COCC1C(=O)N1CCN(Cc2ccncc2)CC1. The van der Waals surface area contributed by atoms with Crippen LogP contribution < -0.4 is 5.73 Å². The number of carbonyl (C=O) groups is 1. The van der Waals surface area contributed by atoms with Crippen molar-refractivity contribution in [1.29, 1.82) is 0 Å². The maximum absolute atomic E-state index is 12.4. The van der Waals surface area contributed by atoms with Crippen LogP contribution in [0.15, 0.2) is 24.5 Å². The summed E-state index contributed by atoms with van der Waals surface area (Å²) < 4.78 is 5.29. The molecule has 6 heteroatoms. The van der Waals surface area contributed by atoms with Gasteiger partial charge in [0.2, 0.25) is 5.91 Å². The third-order valence-corrected chi connectivity index (χ3v) is 4.28. The fourth-order valence-electron chi connectivity index (χ4n) is 2.93. The van der Waals surface area contributed by atoms with Gasteiger partial charge in [-0.1, -0.05) is 0 Å². The maximum atomic E-state index is 12.4. The molecule has 6 nitrogen and oxygen atoms in total. The van der Waals surface area contributed by atoms with Crippen LogP contribution in [-0.2, 0) is 16.1 Å². The van der Waals surface area contributed by atoms with Crippen LogP contribution in [0.3, 0.4) is 0 Å². The van der Waals surface area contributed by atoms with Gasteiger partial charge in [0.05, 0.1) is 19.1 Å². The molecule has 1 aromatic heterocycles. The molecule has 3 heterocycles. The molecular formula is C15H22N4O2. The predicted molar refractivity (Wildman–Crippen MR) is 78.4 cm³/mol. The van der Waals surface area contributed by atoms with Crippen molar-refractivity contribution < 1.29 is 9.53 Å². The summed E-state index contributed by atoms with van der Waals surface area (Å²) in [4.78, 5) is 20.7. The molecule has 2 aliphatic heterocycles. The lowest BCUT2D eigenvalue weighted by atomic mass is 10.0. The number of ether oxygens (including phenoxy) is 1. The number of nitrogens with zero attached hydrogens (tertiary/aromatic N) is 3. The number of pyridine rings is 1. The molecule has 2 N–H and O–H groups in total. The minimum absolute atomic E-state index is 0.146. The normalized spacial score (nSPS) is 27.0. The van der Waals surface area contributed by atoms with Crippen LogP contribution in [-0.4, -0.2) is 66.1 Å². The van der Waals surface area contributed by atoms with E-state index in [1.807, 2.05) is 29.4 Å². The van der Waals surface area contributed by atoms with Gasteiger partial charge in [0.25, 0.3) is 0 Å². The number of amides is 1. The molecule has 0 aliphatic carbocycles. The topological polar surface area (TPSA) is 71.7 Å². The Morgan fingerprint density at radius 3 is 2.57 bits per heavy atom. The van der Waals surface area contributed by atoms with Gasteiger partial charge in [0.15, 0.2) is 0 Å². The molecule has 2 fully saturated rings. The quantitative estimate of drug-likeness (QED) is 0.827. The van der Waals surface area contributed by atoms with E-state index in [1.165, 1.54) is 5.56 Å². The number of piperazine rings is 1. The molecule has 0 bridgehead atoms. The molecule has 2 saturated heterocycles. The number of hydrogen-bond acceptors (Lipinski definition) is 5. The van der Waals surface area contributed by atoms with Crippen molar-refractivity contribution in [2.45, 2.75) is 12.6 Å². The van der Waals surface area contributed by atoms with Crippen molar-refractivity contribution in [3.8, 4) is 0 Å². The Bertz CT molecular complexity index is 474. The van der Waals surface area contributed by atoms with E-state index < -0.39 is 0 Å². The number of hydrogen-bond donors (Lipinski definition) is 1. The summed E-state index contributed by atoms with van der Waals surface area (Å²) in [6.45, 7) is 5.22. The monoisotopic (exact) mass is 290 g/mol. The van der Waals surface area contributed by atoms with E-state index in [0.717, 1.165) is 32.7 Å². The highest BCUT2D eigenvalue weighted by Crippen LogP contribution is 2.17. The van der Waals surface area contributed by atoms with Crippen molar-refractivity contribution in [2.75, 3.05) is 39.4 Å². The summed E-state index contributed by atoms with van der Waals surface area (Å²) >= 11 is 0. The van der Waals surface area contributed by atoms with E-state index in [2.05, 4.69) is 9.88 Å². The van der Waals surface area contributed by atoms with E-state index in [4.69, 9.17) is 10.5 Å². The summed E-state index contributed by atoms with van der Waals surface area (Å²) in [7, 11) is 0. The maximum Gasteiger partial charge on any atom is 0.229 e. The van der Waals surface area contributed by atoms with Gasteiger partial charge < -0.3 is 15.4 Å².